The Hall–Kier alpha value is -2.17. The molecule has 2 fully saturated rings. The number of benzene rings is 1. The highest BCUT2D eigenvalue weighted by Crippen LogP contribution is 2.44. The van der Waals surface area contributed by atoms with E-state index in [9.17, 15) is 13.6 Å². The minimum Gasteiger partial charge on any atom is -0.381 e. The number of alkyl halides is 1. The largest absolute Gasteiger partial charge is 0.381 e. The van der Waals surface area contributed by atoms with E-state index in [0.29, 0.717) is 68.1 Å². The molecule has 10 heteroatoms. The van der Waals surface area contributed by atoms with Gasteiger partial charge in [0.15, 0.2) is 0 Å². The maximum Gasteiger partial charge on any atom is 0.231 e. The molecule has 0 unspecified atom stereocenters. The first-order valence-corrected chi connectivity index (χ1v) is 13.5. The van der Waals surface area contributed by atoms with Crippen molar-refractivity contribution in [3.05, 3.63) is 51.6 Å². The van der Waals surface area contributed by atoms with Crippen LogP contribution in [0.5, 0.6) is 0 Å². The van der Waals surface area contributed by atoms with Crippen molar-refractivity contribution in [1.29, 1.82) is 0 Å². The monoisotopic (exact) mass is 563 g/mol. The lowest BCUT2D eigenvalue weighted by Crippen LogP contribution is -2.52. The first-order chi connectivity index (χ1) is 17.4. The van der Waals surface area contributed by atoms with Crippen LogP contribution >= 0.6 is 15.9 Å². The lowest BCUT2D eigenvalue weighted by atomic mass is 9.95. The summed E-state index contributed by atoms with van der Waals surface area (Å²) in [5.41, 5.74) is 2.07. The average molecular weight is 564 g/mol. The minimum atomic E-state index is -1.05. The molecule has 2 saturated heterocycles. The molecule has 0 bridgehead atoms. The molecule has 2 aliphatic heterocycles. The fourth-order valence-corrected chi connectivity index (χ4v) is 5.78. The van der Waals surface area contributed by atoms with E-state index in [4.69, 9.17) is 4.74 Å². The van der Waals surface area contributed by atoms with Crippen LogP contribution in [0, 0.1) is 5.82 Å². The Labute approximate surface area is 218 Å². The number of aromatic nitrogens is 2. The Morgan fingerprint density at radius 3 is 2.69 bits per heavy atom. The van der Waals surface area contributed by atoms with Crippen LogP contribution in [-0.2, 0) is 9.53 Å². The molecular formula is C26H32BrF2N5O2. The van der Waals surface area contributed by atoms with Gasteiger partial charge in [0.1, 0.15) is 24.1 Å². The Morgan fingerprint density at radius 1 is 1.22 bits per heavy atom. The van der Waals surface area contributed by atoms with Gasteiger partial charge >= 0.3 is 0 Å². The third kappa shape index (κ3) is 5.26. The van der Waals surface area contributed by atoms with Gasteiger partial charge in [0.05, 0.1) is 16.1 Å². The summed E-state index contributed by atoms with van der Waals surface area (Å²) in [4.78, 5) is 26.4. The smallest absolute Gasteiger partial charge is 0.231 e. The van der Waals surface area contributed by atoms with Crippen molar-refractivity contribution in [2.24, 2.45) is 0 Å². The van der Waals surface area contributed by atoms with Gasteiger partial charge in [0, 0.05) is 57.5 Å². The number of amides is 1. The highest BCUT2D eigenvalue weighted by molar-refractivity contribution is 9.10. The molecule has 0 spiro atoms. The van der Waals surface area contributed by atoms with Crippen molar-refractivity contribution in [2.45, 2.75) is 50.2 Å². The van der Waals surface area contributed by atoms with Gasteiger partial charge in [-0.05, 0) is 58.8 Å². The van der Waals surface area contributed by atoms with E-state index in [1.54, 1.807) is 6.07 Å². The zero-order valence-electron chi connectivity index (χ0n) is 20.4. The van der Waals surface area contributed by atoms with Gasteiger partial charge in [0.25, 0.3) is 0 Å². The van der Waals surface area contributed by atoms with Crippen molar-refractivity contribution in [2.75, 3.05) is 50.8 Å². The normalized spacial score (nSPS) is 23.6. The van der Waals surface area contributed by atoms with E-state index in [2.05, 4.69) is 36.1 Å². The van der Waals surface area contributed by atoms with E-state index >= 15 is 0 Å². The fraction of sp³-hybridized carbons (Fsp3) is 0.577. The molecule has 0 radical (unpaired) electrons. The summed E-state index contributed by atoms with van der Waals surface area (Å²) in [5, 5.41) is 3.52. The number of carbonyl (C=O) groups excluding carboxylic acids is 1. The molecule has 0 saturated carbocycles. The lowest BCUT2D eigenvalue weighted by molar-refractivity contribution is -0.133. The van der Waals surface area contributed by atoms with E-state index < -0.39 is 12.1 Å². The average Bonchev–Trinajstić information content (AvgIpc) is 3.20. The molecule has 3 heterocycles. The number of hydrogen-bond acceptors (Lipinski definition) is 6. The summed E-state index contributed by atoms with van der Waals surface area (Å²) in [6.45, 7) is 6.13. The molecule has 3 aliphatic rings. The van der Waals surface area contributed by atoms with Crippen molar-refractivity contribution >= 4 is 27.7 Å². The molecule has 1 aromatic heterocycles. The molecule has 1 aliphatic carbocycles. The number of ether oxygens (including phenoxy) is 1. The predicted octanol–water partition coefficient (Wildman–Crippen LogP) is 4.10. The molecule has 1 amide bonds. The van der Waals surface area contributed by atoms with E-state index in [-0.39, 0.29) is 23.7 Å². The number of rotatable bonds is 6. The summed E-state index contributed by atoms with van der Waals surface area (Å²) in [6, 6.07) is 5.21. The number of piperazine rings is 1. The zero-order chi connectivity index (χ0) is 25.2. The molecule has 5 rings (SSSR count). The SMILES string of the molecule is C[C@@H]1C[C@H](F)c2ncnc(N3CCN(C(=O)[C@H](CNC4CCOCC4)c4ccc(Br)c(F)c4)CC3)c21. The molecule has 194 valence electrons. The molecule has 1 N–H and O–H groups in total. The van der Waals surface area contributed by atoms with Gasteiger partial charge < -0.3 is 19.9 Å². The Balaban J connectivity index is 1.29. The third-order valence-corrected chi connectivity index (χ3v) is 8.25. The Bertz CT molecular complexity index is 1090. The number of fused-ring (bicyclic) bond motifs is 1. The van der Waals surface area contributed by atoms with Crippen LogP contribution in [0.1, 0.15) is 61.0 Å². The summed E-state index contributed by atoms with van der Waals surface area (Å²) < 4.78 is 34.6. The maximum atomic E-state index is 14.4. The quantitative estimate of drug-likeness (QED) is 0.570. The summed E-state index contributed by atoms with van der Waals surface area (Å²) in [5.74, 6) is -0.0241. The van der Waals surface area contributed by atoms with Crippen molar-refractivity contribution in [1.82, 2.24) is 20.2 Å². The van der Waals surface area contributed by atoms with Gasteiger partial charge in [-0.15, -0.1) is 0 Å². The van der Waals surface area contributed by atoms with Gasteiger partial charge in [-0.1, -0.05) is 13.0 Å². The first-order valence-electron chi connectivity index (χ1n) is 12.7. The van der Waals surface area contributed by atoms with Gasteiger partial charge in [-0.3, -0.25) is 4.79 Å². The molecule has 3 atom stereocenters. The molecule has 36 heavy (non-hydrogen) atoms. The van der Waals surface area contributed by atoms with Crippen LogP contribution in [0.15, 0.2) is 29.0 Å². The summed E-state index contributed by atoms with van der Waals surface area (Å²) >= 11 is 3.21. The van der Waals surface area contributed by atoms with Crippen molar-refractivity contribution in [3.63, 3.8) is 0 Å². The van der Waals surface area contributed by atoms with Gasteiger partial charge in [-0.2, -0.15) is 0 Å². The standard InChI is InChI=1S/C26H32BrF2N5O2/c1-16-12-22(29)24-23(16)25(32-15-31-24)33-6-8-34(9-7-33)26(35)19(14-30-18-4-10-36-11-5-18)17-2-3-20(27)21(28)13-17/h2-3,13,15-16,18-19,22,30H,4-12,14H2,1H3/t16-,19-,22+/m1/s1. The van der Waals surface area contributed by atoms with Crippen molar-refractivity contribution < 1.29 is 18.3 Å². The highest BCUT2D eigenvalue weighted by Gasteiger charge is 2.36. The summed E-state index contributed by atoms with van der Waals surface area (Å²) in [7, 11) is 0. The fourth-order valence-electron chi connectivity index (χ4n) is 5.54. The zero-order valence-corrected chi connectivity index (χ0v) is 22.0. The van der Waals surface area contributed by atoms with Crippen LogP contribution in [-0.4, -0.2) is 72.8 Å². The molecule has 1 aromatic carbocycles. The Kier molecular flexibility index (Phi) is 7.83. The van der Waals surface area contributed by atoms with Crippen LogP contribution in [0.4, 0.5) is 14.6 Å². The molecule has 2 aromatic rings. The number of anilines is 1. The molecule has 7 nitrogen and oxygen atoms in total. The third-order valence-electron chi connectivity index (χ3n) is 7.61. The Morgan fingerprint density at radius 2 is 1.97 bits per heavy atom. The second kappa shape index (κ2) is 11.1. The topological polar surface area (TPSA) is 70.6 Å². The minimum absolute atomic E-state index is 0.0129. The number of halogens is 3. The van der Waals surface area contributed by atoms with E-state index in [1.165, 1.54) is 12.4 Å². The maximum absolute atomic E-state index is 14.4. The van der Waals surface area contributed by atoms with Crippen LogP contribution in [0.3, 0.4) is 0 Å². The number of nitrogens with zero attached hydrogens (tertiary/aromatic N) is 4. The number of carbonyl (C=O) groups is 1. The van der Waals surface area contributed by atoms with E-state index in [0.717, 1.165) is 24.2 Å². The number of hydrogen-bond donors (Lipinski definition) is 1. The number of nitrogens with one attached hydrogen (secondary N) is 1. The van der Waals surface area contributed by atoms with Gasteiger partial charge in [0.2, 0.25) is 5.91 Å². The second-order valence-electron chi connectivity index (χ2n) is 9.93. The van der Waals surface area contributed by atoms with Crippen molar-refractivity contribution in [3.8, 4) is 0 Å². The highest BCUT2D eigenvalue weighted by atomic mass is 79.9. The molecular weight excluding hydrogens is 532 g/mol. The van der Waals surface area contributed by atoms with E-state index in [1.807, 2.05) is 17.9 Å². The van der Waals surface area contributed by atoms with Crippen LogP contribution in [0.2, 0.25) is 0 Å². The lowest BCUT2D eigenvalue weighted by Gasteiger charge is -2.38. The predicted molar refractivity (Wildman–Crippen MR) is 136 cm³/mol. The summed E-state index contributed by atoms with van der Waals surface area (Å²) in [6.07, 6.45) is 2.63. The van der Waals surface area contributed by atoms with Crippen LogP contribution in [0.25, 0.3) is 0 Å². The van der Waals surface area contributed by atoms with Crippen LogP contribution < -0.4 is 10.2 Å². The van der Waals surface area contributed by atoms with Gasteiger partial charge in [-0.25, -0.2) is 18.7 Å². The first kappa shape index (κ1) is 25.5. The second-order valence-corrected chi connectivity index (χ2v) is 10.8.